The van der Waals surface area contributed by atoms with Crippen LogP contribution in [0.15, 0.2) is 54.6 Å². The molecule has 1 amide bonds. The lowest BCUT2D eigenvalue weighted by molar-refractivity contribution is -0.149. The van der Waals surface area contributed by atoms with Gasteiger partial charge in [-0.05, 0) is 62.2 Å². The van der Waals surface area contributed by atoms with E-state index >= 15 is 0 Å². The van der Waals surface area contributed by atoms with Crippen molar-refractivity contribution in [1.29, 1.82) is 0 Å². The number of carbonyl (C=O) groups excluding carboxylic acids is 2. The molecule has 0 spiro atoms. The summed E-state index contributed by atoms with van der Waals surface area (Å²) in [6, 6.07) is 13.3. The number of carbonyl (C=O) groups is 2. The number of rotatable bonds is 5. The van der Waals surface area contributed by atoms with Gasteiger partial charge in [-0.2, -0.15) is 5.10 Å². The minimum atomic E-state index is -0.453. The molecule has 0 saturated carbocycles. The molecule has 1 aliphatic rings. The first-order valence-electron chi connectivity index (χ1n) is 10.5. The van der Waals surface area contributed by atoms with Crippen LogP contribution in [0.5, 0.6) is 0 Å². The maximum atomic E-state index is 14.4. The van der Waals surface area contributed by atoms with E-state index in [0.717, 1.165) is 0 Å². The normalized spacial score (nSPS) is 14.4. The smallest absolute Gasteiger partial charge is 0.309 e. The van der Waals surface area contributed by atoms with E-state index in [-0.39, 0.29) is 29.1 Å². The van der Waals surface area contributed by atoms with Crippen LogP contribution in [-0.4, -0.2) is 46.3 Å². The van der Waals surface area contributed by atoms with Crippen LogP contribution in [-0.2, 0) is 9.53 Å². The van der Waals surface area contributed by atoms with Gasteiger partial charge in [0.1, 0.15) is 17.3 Å². The number of halogens is 2. The highest BCUT2D eigenvalue weighted by Crippen LogP contribution is 2.27. The number of esters is 1. The Hall–Kier alpha value is -3.55. The Morgan fingerprint density at radius 1 is 1.06 bits per heavy atom. The molecule has 2 aromatic carbocycles. The number of hydrogen-bond donors (Lipinski definition) is 0. The number of ether oxygens (including phenoxy) is 1. The zero-order chi connectivity index (χ0) is 22.7. The van der Waals surface area contributed by atoms with Gasteiger partial charge in [0.2, 0.25) is 0 Å². The molecule has 32 heavy (non-hydrogen) atoms. The summed E-state index contributed by atoms with van der Waals surface area (Å²) >= 11 is 0. The lowest BCUT2D eigenvalue weighted by Crippen LogP contribution is -2.41. The number of amides is 1. The molecule has 0 aliphatic carbocycles. The molecule has 0 N–H and O–H groups in total. The zero-order valence-corrected chi connectivity index (χ0v) is 17.6. The zero-order valence-electron chi connectivity index (χ0n) is 17.6. The standard InChI is InChI=1S/C24H23F2N3O3/c1-2-32-24(31)16-11-13-28(14-12-16)23(30)22-15-21(19-5-3-4-6-20(19)26)27-29(22)18-9-7-17(25)8-10-18/h3-10,15-16H,2,11-14H2,1H3. The van der Waals surface area contributed by atoms with Crippen LogP contribution >= 0.6 is 0 Å². The molecule has 2 heterocycles. The summed E-state index contributed by atoms with van der Waals surface area (Å²) < 4.78 is 34.3. The third kappa shape index (κ3) is 4.39. The number of aromatic nitrogens is 2. The van der Waals surface area contributed by atoms with E-state index < -0.39 is 11.6 Å². The third-order valence-corrected chi connectivity index (χ3v) is 5.55. The van der Waals surface area contributed by atoms with Crippen molar-refractivity contribution in [3.8, 4) is 16.9 Å². The summed E-state index contributed by atoms with van der Waals surface area (Å²) in [6.45, 7) is 2.88. The highest BCUT2D eigenvalue weighted by molar-refractivity contribution is 5.94. The Labute approximate surface area is 184 Å². The fourth-order valence-corrected chi connectivity index (χ4v) is 3.85. The fraction of sp³-hybridized carbons (Fsp3) is 0.292. The quantitative estimate of drug-likeness (QED) is 0.558. The minimum absolute atomic E-state index is 0.227. The van der Waals surface area contributed by atoms with Gasteiger partial charge in [0.15, 0.2) is 0 Å². The topological polar surface area (TPSA) is 64.4 Å². The van der Waals surface area contributed by atoms with Gasteiger partial charge in [-0.3, -0.25) is 9.59 Å². The first kappa shape index (κ1) is 21.7. The van der Waals surface area contributed by atoms with Crippen molar-refractivity contribution in [2.75, 3.05) is 19.7 Å². The van der Waals surface area contributed by atoms with Crippen LogP contribution in [0, 0.1) is 17.6 Å². The van der Waals surface area contributed by atoms with Crippen LogP contribution in [0.4, 0.5) is 8.78 Å². The second kappa shape index (κ2) is 9.30. The van der Waals surface area contributed by atoms with E-state index in [1.54, 1.807) is 36.1 Å². The van der Waals surface area contributed by atoms with E-state index in [4.69, 9.17) is 4.74 Å². The summed E-state index contributed by atoms with van der Waals surface area (Å²) in [5, 5.41) is 4.46. The molecule has 1 aromatic heterocycles. The van der Waals surface area contributed by atoms with Crippen LogP contribution in [0.25, 0.3) is 16.9 Å². The van der Waals surface area contributed by atoms with Crippen molar-refractivity contribution in [3.63, 3.8) is 0 Å². The number of hydrogen-bond acceptors (Lipinski definition) is 4. The minimum Gasteiger partial charge on any atom is -0.466 e. The molecule has 0 unspecified atom stereocenters. The van der Waals surface area contributed by atoms with Crippen LogP contribution in [0.2, 0.25) is 0 Å². The Kier molecular flexibility index (Phi) is 6.30. The van der Waals surface area contributed by atoms with Crippen molar-refractivity contribution in [1.82, 2.24) is 14.7 Å². The lowest BCUT2D eigenvalue weighted by atomic mass is 9.97. The van der Waals surface area contributed by atoms with Crippen molar-refractivity contribution < 1.29 is 23.1 Å². The van der Waals surface area contributed by atoms with Crippen molar-refractivity contribution in [2.24, 2.45) is 5.92 Å². The van der Waals surface area contributed by atoms with Gasteiger partial charge in [-0.25, -0.2) is 13.5 Å². The first-order valence-corrected chi connectivity index (χ1v) is 10.5. The molecule has 1 saturated heterocycles. The summed E-state index contributed by atoms with van der Waals surface area (Å²) in [6.07, 6.45) is 1.02. The predicted molar refractivity (Wildman–Crippen MR) is 114 cm³/mol. The maximum absolute atomic E-state index is 14.4. The van der Waals surface area contributed by atoms with E-state index in [2.05, 4.69) is 5.10 Å². The summed E-state index contributed by atoms with van der Waals surface area (Å²) in [7, 11) is 0. The van der Waals surface area contributed by atoms with E-state index in [1.807, 2.05) is 0 Å². The van der Waals surface area contributed by atoms with Crippen molar-refractivity contribution in [3.05, 3.63) is 71.9 Å². The number of nitrogens with zero attached hydrogens (tertiary/aromatic N) is 3. The summed E-state index contributed by atoms with van der Waals surface area (Å²) in [5.74, 6) is -1.62. The molecule has 1 fully saturated rings. The number of likely N-dealkylation sites (tertiary alicyclic amines) is 1. The Balaban J connectivity index is 1.65. The Morgan fingerprint density at radius 3 is 2.41 bits per heavy atom. The average Bonchev–Trinajstić information content (AvgIpc) is 3.25. The highest BCUT2D eigenvalue weighted by Gasteiger charge is 2.30. The largest absolute Gasteiger partial charge is 0.466 e. The van der Waals surface area contributed by atoms with Crippen LogP contribution < -0.4 is 0 Å². The molecule has 4 rings (SSSR count). The first-order chi connectivity index (χ1) is 15.5. The van der Waals surface area contributed by atoms with Gasteiger partial charge in [-0.1, -0.05) is 12.1 Å². The van der Waals surface area contributed by atoms with E-state index in [0.29, 0.717) is 43.9 Å². The summed E-state index contributed by atoms with van der Waals surface area (Å²) in [5.41, 5.74) is 1.30. The molecule has 8 heteroatoms. The SMILES string of the molecule is CCOC(=O)C1CCN(C(=O)c2cc(-c3ccccc3F)nn2-c2ccc(F)cc2)CC1. The number of piperidine rings is 1. The predicted octanol–water partition coefficient (Wildman–Crippen LogP) is 4.23. The van der Waals surface area contributed by atoms with Crippen LogP contribution in [0.1, 0.15) is 30.3 Å². The van der Waals surface area contributed by atoms with E-state index in [9.17, 15) is 18.4 Å². The van der Waals surface area contributed by atoms with Gasteiger partial charge in [-0.15, -0.1) is 0 Å². The second-order valence-corrected chi connectivity index (χ2v) is 7.60. The van der Waals surface area contributed by atoms with Gasteiger partial charge in [0.05, 0.1) is 23.9 Å². The van der Waals surface area contributed by atoms with Crippen molar-refractivity contribution in [2.45, 2.75) is 19.8 Å². The molecule has 0 bridgehead atoms. The van der Waals surface area contributed by atoms with Crippen molar-refractivity contribution >= 4 is 11.9 Å². The summed E-state index contributed by atoms with van der Waals surface area (Å²) in [4.78, 5) is 27.0. The molecule has 3 aromatic rings. The molecule has 6 nitrogen and oxygen atoms in total. The monoisotopic (exact) mass is 439 g/mol. The Bertz CT molecular complexity index is 1120. The maximum Gasteiger partial charge on any atom is 0.309 e. The number of benzene rings is 2. The van der Waals surface area contributed by atoms with Gasteiger partial charge in [0, 0.05) is 18.7 Å². The molecular formula is C24H23F2N3O3. The average molecular weight is 439 g/mol. The molecule has 1 aliphatic heterocycles. The third-order valence-electron chi connectivity index (χ3n) is 5.55. The lowest BCUT2D eigenvalue weighted by Gasteiger charge is -2.30. The molecule has 166 valence electrons. The van der Waals surface area contributed by atoms with Gasteiger partial charge in [0.25, 0.3) is 5.91 Å². The Morgan fingerprint density at radius 2 is 1.75 bits per heavy atom. The van der Waals surface area contributed by atoms with E-state index in [1.165, 1.54) is 35.0 Å². The molecule has 0 atom stereocenters. The second-order valence-electron chi connectivity index (χ2n) is 7.60. The van der Waals surface area contributed by atoms with Crippen LogP contribution in [0.3, 0.4) is 0 Å². The highest BCUT2D eigenvalue weighted by atomic mass is 19.1. The molecule has 0 radical (unpaired) electrons. The van der Waals surface area contributed by atoms with Gasteiger partial charge < -0.3 is 9.64 Å². The molecular weight excluding hydrogens is 416 g/mol. The fourth-order valence-electron chi connectivity index (χ4n) is 3.85. The van der Waals surface area contributed by atoms with Gasteiger partial charge >= 0.3 is 5.97 Å².